The zero-order chi connectivity index (χ0) is 23.6. The van der Waals surface area contributed by atoms with E-state index in [-0.39, 0.29) is 35.5 Å². The molecule has 4 nitrogen and oxygen atoms in total. The van der Waals surface area contributed by atoms with E-state index in [1.165, 1.54) is 32.9 Å². The number of rotatable bonds is 4. The number of imide groups is 1. The Morgan fingerprint density at radius 3 is 2.18 bits per heavy atom. The number of carbonyl (C=O) groups excluding carboxylic acids is 2. The summed E-state index contributed by atoms with van der Waals surface area (Å²) in [5.41, 5.74) is 6.14. The Kier molecular flexibility index (Phi) is 5.33. The van der Waals surface area contributed by atoms with Crippen molar-refractivity contribution in [3.05, 3.63) is 51.4 Å². The van der Waals surface area contributed by atoms with Crippen LogP contribution in [0.15, 0.2) is 35.4 Å². The molecule has 1 aromatic carbocycles. The molecule has 2 aromatic rings. The molecule has 2 saturated carbocycles. The van der Waals surface area contributed by atoms with Crippen LogP contribution in [0.2, 0.25) is 0 Å². The first-order valence-corrected chi connectivity index (χ1v) is 12.8. The minimum atomic E-state index is -0.256. The highest BCUT2D eigenvalue weighted by Gasteiger charge is 2.64. The van der Waals surface area contributed by atoms with Gasteiger partial charge in [0.15, 0.2) is 0 Å². The summed E-state index contributed by atoms with van der Waals surface area (Å²) in [5.74, 6) is 0.131. The van der Waals surface area contributed by atoms with Crippen molar-refractivity contribution in [1.29, 1.82) is 5.26 Å². The van der Waals surface area contributed by atoms with E-state index in [0.29, 0.717) is 16.5 Å². The number of allylic oxidation sites excluding steroid dienone is 2. The van der Waals surface area contributed by atoms with Crippen molar-refractivity contribution >= 4 is 28.2 Å². The molecule has 0 radical (unpaired) electrons. The predicted molar refractivity (Wildman–Crippen MR) is 132 cm³/mol. The van der Waals surface area contributed by atoms with E-state index in [2.05, 4.69) is 58.0 Å². The van der Waals surface area contributed by atoms with Gasteiger partial charge in [-0.3, -0.25) is 9.59 Å². The van der Waals surface area contributed by atoms with Gasteiger partial charge in [0.05, 0.1) is 17.4 Å². The number of benzene rings is 1. The van der Waals surface area contributed by atoms with Crippen molar-refractivity contribution in [2.24, 2.45) is 23.7 Å². The molecule has 2 amide bonds. The highest BCUT2D eigenvalue weighted by Crippen LogP contribution is 2.61. The molecule has 33 heavy (non-hydrogen) atoms. The molecule has 1 aromatic heterocycles. The zero-order valence-electron chi connectivity index (χ0n) is 19.9. The third kappa shape index (κ3) is 3.07. The van der Waals surface area contributed by atoms with Gasteiger partial charge in [-0.05, 0) is 68.9 Å². The monoisotopic (exact) mass is 458 g/mol. The lowest BCUT2D eigenvalue weighted by atomic mass is 9.81. The predicted octanol–water partition coefficient (Wildman–Crippen LogP) is 6.59. The Morgan fingerprint density at radius 1 is 1.12 bits per heavy atom. The van der Waals surface area contributed by atoms with Gasteiger partial charge in [0.1, 0.15) is 11.1 Å². The molecule has 5 heteroatoms. The van der Waals surface area contributed by atoms with Gasteiger partial charge in [-0.25, -0.2) is 4.90 Å². The lowest BCUT2D eigenvalue weighted by Crippen LogP contribution is -2.33. The van der Waals surface area contributed by atoms with Crippen LogP contribution >= 0.6 is 11.3 Å². The van der Waals surface area contributed by atoms with Crippen LogP contribution in [0.25, 0.3) is 11.1 Å². The highest BCUT2D eigenvalue weighted by atomic mass is 32.1. The van der Waals surface area contributed by atoms with Crippen molar-refractivity contribution in [2.75, 3.05) is 4.90 Å². The van der Waals surface area contributed by atoms with Crippen LogP contribution in [0.3, 0.4) is 0 Å². The molecular weight excluding hydrogens is 428 g/mol. The molecule has 3 fully saturated rings. The van der Waals surface area contributed by atoms with E-state index in [0.717, 1.165) is 35.3 Å². The van der Waals surface area contributed by atoms with Crippen molar-refractivity contribution in [2.45, 2.75) is 59.8 Å². The first-order chi connectivity index (χ1) is 15.8. The van der Waals surface area contributed by atoms with Gasteiger partial charge in [0, 0.05) is 10.4 Å². The number of nitriles is 1. The second-order valence-electron chi connectivity index (χ2n) is 10.1. The number of hydrogen-bond donors (Lipinski definition) is 0. The van der Waals surface area contributed by atoms with Gasteiger partial charge < -0.3 is 0 Å². The van der Waals surface area contributed by atoms with Crippen LogP contribution in [-0.2, 0) is 9.59 Å². The first kappa shape index (κ1) is 22.1. The smallest absolute Gasteiger partial charge is 0.239 e. The first-order valence-electron chi connectivity index (χ1n) is 12.0. The van der Waals surface area contributed by atoms with Crippen LogP contribution < -0.4 is 4.90 Å². The number of anilines is 1. The fourth-order valence-electron chi connectivity index (χ4n) is 6.54. The summed E-state index contributed by atoms with van der Waals surface area (Å²) in [6.45, 7) is 10.6. The minimum Gasteiger partial charge on any atom is -0.274 e. The van der Waals surface area contributed by atoms with Gasteiger partial charge in [0.25, 0.3) is 0 Å². The lowest BCUT2D eigenvalue weighted by Gasteiger charge is -2.18. The van der Waals surface area contributed by atoms with Crippen LogP contribution in [0.1, 0.15) is 68.9 Å². The normalized spacial score (nSPS) is 26.7. The van der Waals surface area contributed by atoms with E-state index in [1.54, 1.807) is 0 Å². The SMILES string of the molecule is CC[C@H](C)c1ccc(-c2c(C)sc(N3C(=O)[C@@H]4[C@H](C3=O)[C@@H]3CC[C@@H]4C3=C(C)C)c2C#N)cc1. The van der Waals surface area contributed by atoms with Gasteiger partial charge in [0.2, 0.25) is 11.8 Å². The van der Waals surface area contributed by atoms with E-state index < -0.39 is 0 Å². The maximum absolute atomic E-state index is 13.6. The average molecular weight is 459 g/mol. The number of aryl methyl sites for hydroxylation is 1. The zero-order valence-corrected chi connectivity index (χ0v) is 20.8. The quantitative estimate of drug-likeness (QED) is 0.383. The summed E-state index contributed by atoms with van der Waals surface area (Å²) in [6, 6.07) is 10.7. The summed E-state index contributed by atoms with van der Waals surface area (Å²) in [5, 5.41) is 10.6. The van der Waals surface area contributed by atoms with Crippen LogP contribution in [-0.4, -0.2) is 11.8 Å². The fraction of sp³-hybridized carbons (Fsp3) is 0.464. The number of thiophene rings is 1. The second-order valence-corrected chi connectivity index (χ2v) is 11.3. The molecule has 1 saturated heterocycles. The van der Waals surface area contributed by atoms with Gasteiger partial charge in [-0.1, -0.05) is 49.3 Å². The second kappa shape index (κ2) is 7.95. The van der Waals surface area contributed by atoms with Crippen molar-refractivity contribution in [3.8, 4) is 17.2 Å². The van der Waals surface area contributed by atoms with Crippen molar-refractivity contribution in [1.82, 2.24) is 0 Å². The van der Waals surface area contributed by atoms with E-state index in [9.17, 15) is 14.9 Å². The molecule has 170 valence electrons. The topological polar surface area (TPSA) is 61.2 Å². The van der Waals surface area contributed by atoms with Gasteiger partial charge in [-0.2, -0.15) is 5.26 Å². The molecule has 2 bridgehead atoms. The fourth-order valence-corrected chi connectivity index (χ4v) is 7.68. The Hall–Kier alpha value is -2.71. The molecule has 1 aliphatic heterocycles. The summed E-state index contributed by atoms with van der Waals surface area (Å²) in [4.78, 5) is 29.6. The summed E-state index contributed by atoms with van der Waals surface area (Å²) >= 11 is 1.40. The van der Waals surface area contributed by atoms with Crippen molar-refractivity contribution in [3.63, 3.8) is 0 Å². The average Bonchev–Trinajstić information content (AvgIpc) is 3.52. The molecule has 0 N–H and O–H groups in total. The lowest BCUT2D eigenvalue weighted by molar-refractivity contribution is -0.122. The summed E-state index contributed by atoms with van der Waals surface area (Å²) in [6.07, 6.45) is 3.05. The summed E-state index contributed by atoms with van der Waals surface area (Å²) in [7, 11) is 0. The Bertz CT molecular complexity index is 1190. The summed E-state index contributed by atoms with van der Waals surface area (Å²) < 4.78 is 0. The number of hydrogen-bond acceptors (Lipinski definition) is 4. The molecule has 0 unspecified atom stereocenters. The number of amides is 2. The van der Waals surface area contributed by atoms with E-state index >= 15 is 0 Å². The van der Waals surface area contributed by atoms with Gasteiger partial charge in [-0.15, -0.1) is 11.3 Å². The van der Waals surface area contributed by atoms with E-state index in [4.69, 9.17) is 0 Å². The van der Waals surface area contributed by atoms with Crippen molar-refractivity contribution < 1.29 is 9.59 Å². The number of fused-ring (bicyclic) bond motifs is 5. The van der Waals surface area contributed by atoms with Crippen LogP contribution in [0, 0.1) is 41.9 Å². The maximum atomic E-state index is 13.6. The highest BCUT2D eigenvalue weighted by molar-refractivity contribution is 7.17. The molecule has 5 rings (SSSR count). The molecular formula is C28H30N2O2S. The van der Waals surface area contributed by atoms with E-state index in [1.807, 2.05) is 6.92 Å². The van der Waals surface area contributed by atoms with Crippen LogP contribution in [0.5, 0.6) is 0 Å². The number of carbonyl (C=O) groups is 2. The minimum absolute atomic E-state index is 0.104. The molecule has 0 spiro atoms. The molecule has 2 heterocycles. The Labute approximate surface area is 199 Å². The Balaban J connectivity index is 1.55. The molecule has 3 aliphatic rings. The molecule has 2 aliphatic carbocycles. The van der Waals surface area contributed by atoms with Crippen LogP contribution in [0.4, 0.5) is 5.00 Å². The third-order valence-electron chi connectivity index (χ3n) is 8.19. The van der Waals surface area contributed by atoms with Gasteiger partial charge >= 0.3 is 0 Å². The largest absolute Gasteiger partial charge is 0.274 e. The third-order valence-corrected chi connectivity index (χ3v) is 9.28. The number of nitrogens with zero attached hydrogens (tertiary/aromatic N) is 2. The Morgan fingerprint density at radius 2 is 1.70 bits per heavy atom. The standard InChI is InChI=1S/C28H30N2O2S/c1-6-15(4)17-7-9-18(10-8-17)23-16(5)33-28(21(23)13-29)30-26(31)24-19-11-12-20(22(19)14(2)3)25(24)27(30)32/h7-10,15,19-20,24-25H,6,11-12H2,1-5H3/t15-,19+,20+,24-,25+/m0/s1. The maximum Gasteiger partial charge on any atom is 0.239 e. The molecule has 5 atom stereocenters.